The topological polar surface area (TPSA) is 117 Å². The van der Waals surface area contributed by atoms with Crippen molar-refractivity contribution >= 4 is 42.9 Å². The summed E-state index contributed by atoms with van der Waals surface area (Å²) in [5, 5.41) is 3.41. The number of hydrogen-bond acceptors (Lipinski definition) is 9. The van der Waals surface area contributed by atoms with Crippen LogP contribution in [0.3, 0.4) is 0 Å². The van der Waals surface area contributed by atoms with Gasteiger partial charge < -0.3 is 24.6 Å². The molecule has 4 aromatic rings. The zero-order valence-corrected chi connectivity index (χ0v) is 40.6. The number of nitrogens with one attached hydrogen (secondary N) is 1. The zero-order valence-electron chi connectivity index (χ0n) is 39.0. The number of pyridine rings is 2. The molecule has 4 aliphatic heterocycles. The fraction of sp³-hybridized carbons (Fsp3) is 0.519. The minimum Gasteiger partial charge on any atom is -0.493 e. The van der Waals surface area contributed by atoms with Crippen molar-refractivity contribution in [3.8, 4) is 11.5 Å². The number of rotatable bonds is 13. The molecule has 11 nitrogen and oxygen atoms in total. The Morgan fingerprint density at radius 3 is 1.60 bits per heavy atom. The van der Waals surface area contributed by atoms with E-state index in [4.69, 9.17) is 9.47 Å². The van der Waals surface area contributed by atoms with Crippen LogP contribution in [0, 0.1) is 22.7 Å². The first-order valence-corrected chi connectivity index (χ1v) is 23.2. The largest absolute Gasteiger partial charge is 0.493 e. The average molecular weight is 932 g/mol. The molecule has 8 rings (SSSR count). The van der Waals surface area contributed by atoms with Crippen molar-refractivity contribution in [1.82, 2.24) is 30.0 Å². The first kappa shape index (κ1) is 53.1. The molecule has 2 aromatic carbocycles. The van der Waals surface area contributed by atoms with Crippen molar-refractivity contribution in [1.29, 1.82) is 0 Å². The van der Waals surface area contributed by atoms with Crippen LogP contribution in [0.4, 0.5) is 0 Å². The van der Waals surface area contributed by atoms with Gasteiger partial charge in [0.1, 0.15) is 11.5 Å². The van der Waals surface area contributed by atoms with Crippen LogP contribution in [0.2, 0.25) is 0 Å². The highest BCUT2D eigenvalue weighted by atomic mass is 35.5. The van der Waals surface area contributed by atoms with Crippen LogP contribution in [0.5, 0.6) is 11.5 Å². The highest BCUT2D eigenvalue weighted by molar-refractivity contribution is 5.85. The highest BCUT2D eigenvalue weighted by Crippen LogP contribution is 2.41. The molecule has 65 heavy (non-hydrogen) atoms. The summed E-state index contributed by atoms with van der Waals surface area (Å²) in [6.45, 7) is 18.9. The number of carbonyl (C=O) groups excluding carboxylic acids is 3. The summed E-state index contributed by atoms with van der Waals surface area (Å²) in [5.74, 6) is 3.13. The number of hydrogen-bond donors (Lipinski definition) is 1. The Hall–Kier alpha value is -4.55. The summed E-state index contributed by atoms with van der Waals surface area (Å²) < 4.78 is 11.5. The number of benzene rings is 2. The van der Waals surface area contributed by atoms with E-state index in [1.165, 1.54) is 24.8 Å². The summed E-state index contributed by atoms with van der Waals surface area (Å²) in [6.07, 6.45) is 12.2. The minimum absolute atomic E-state index is 0. The van der Waals surface area contributed by atoms with E-state index >= 15 is 0 Å². The van der Waals surface area contributed by atoms with Crippen LogP contribution in [-0.4, -0.2) is 108 Å². The van der Waals surface area contributed by atoms with E-state index in [1.807, 2.05) is 59.5 Å². The lowest BCUT2D eigenvalue weighted by Gasteiger charge is -2.39. The molecule has 354 valence electrons. The van der Waals surface area contributed by atoms with Gasteiger partial charge in [-0.25, -0.2) is 0 Å². The lowest BCUT2D eigenvalue weighted by atomic mass is 9.77. The third-order valence-corrected chi connectivity index (χ3v) is 12.8. The van der Waals surface area contributed by atoms with Crippen LogP contribution in [0.25, 0.3) is 0 Å². The summed E-state index contributed by atoms with van der Waals surface area (Å²) in [5.41, 5.74) is 4.32. The van der Waals surface area contributed by atoms with Crippen molar-refractivity contribution in [2.75, 3.05) is 65.6 Å². The van der Waals surface area contributed by atoms with Crippen LogP contribution in [0.15, 0.2) is 97.3 Å². The van der Waals surface area contributed by atoms with Gasteiger partial charge in [-0.15, -0.1) is 24.8 Å². The zero-order chi connectivity index (χ0) is 44.5. The van der Waals surface area contributed by atoms with Gasteiger partial charge in [-0.1, -0.05) is 70.2 Å². The molecule has 0 saturated carbocycles. The molecule has 0 unspecified atom stereocenters. The number of aromatic nitrogens is 2. The van der Waals surface area contributed by atoms with Gasteiger partial charge in [0.05, 0.1) is 31.6 Å². The molecule has 4 saturated heterocycles. The van der Waals surface area contributed by atoms with E-state index in [0.717, 1.165) is 108 Å². The predicted molar refractivity (Wildman–Crippen MR) is 263 cm³/mol. The third kappa shape index (κ3) is 16.4. The number of likely N-dealkylation sites (tertiary alicyclic amines) is 3. The second kappa shape index (κ2) is 26.6. The quantitative estimate of drug-likeness (QED) is 0.131. The van der Waals surface area contributed by atoms with Gasteiger partial charge in [0, 0.05) is 62.1 Å². The van der Waals surface area contributed by atoms with Crippen LogP contribution in [-0.2, 0) is 29.0 Å². The molecular formula is C52H72Cl2N6O5. The lowest BCUT2D eigenvalue weighted by Crippen LogP contribution is -2.42. The number of amides is 2. The third-order valence-electron chi connectivity index (χ3n) is 12.8. The van der Waals surface area contributed by atoms with Crippen molar-refractivity contribution < 1.29 is 23.9 Å². The molecule has 0 aliphatic carbocycles. The maximum absolute atomic E-state index is 12.8. The molecular weight excluding hydrogens is 860 g/mol. The molecule has 0 atom stereocenters. The number of carbonyl (C=O) groups is 3. The maximum atomic E-state index is 12.8. The van der Waals surface area contributed by atoms with Gasteiger partial charge >= 0.3 is 0 Å². The van der Waals surface area contributed by atoms with Crippen molar-refractivity contribution in [2.45, 2.75) is 85.6 Å². The number of nitrogens with zero attached hydrogens (tertiary/aromatic N) is 5. The molecule has 4 fully saturated rings. The van der Waals surface area contributed by atoms with Gasteiger partial charge in [0.25, 0.3) is 0 Å². The average Bonchev–Trinajstić information content (AvgIpc) is 3.92. The van der Waals surface area contributed by atoms with E-state index in [9.17, 15) is 14.4 Å². The Morgan fingerprint density at radius 2 is 1.09 bits per heavy atom. The molecule has 13 heteroatoms. The van der Waals surface area contributed by atoms with E-state index < -0.39 is 0 Å². The second-order valence-electron chi connectivity index (χ2n) is 18.8. The Labute approximate surface area is 400 Å². The smallest absolute Gasteiger partial charge is 0.228 e. The lowest BCUT2D eigenvalue weighted by molar-refractivity contribution is -0.130. The predicted octanol–water partition coefficient (Wildman–Crippen LogP) is 8.78. The second-order valence-corrected chi connectivity index (χ2v) is 18.8. The number of halogens is 2. The Bertz CT molecular complexity index is 2030. The van der Waals surface area contributed by atoms with Crippen LogP contribution in [0.1, 0.15) is 93.5 Å². The van der Waals surface area contributed by atoms with Gasteiger partial charge in [-0.3, -0.25) is 29.3 Å². The van der Waals surface area contributed by atoms with E-state index in [2.05, 4.69) is 77.0 Å². The molecule has 6 heterocycles. The maximum Gasteiger partial charge on any atom is 0.228 e. The van der Waals surface area contributed by atoms with Crippen LogP contribution >= 0.6 is 24.8 Å². The normalized spacial score (nSPS) is 17.3. The van der Waals surface area contributed by atoms with Gasteiger partial charge in [-0.2, -0.15) is 0 Å². The summed E-state index contributed by atoms with van der Waals surface area (Å²) >= 11 is 0. The Morgan fingerprint density at radius 1 is 0.631 bits per heavy atom. The van der Waals surface area contributed by atoms with E-state index in [-0.39, 0.29) is 36.6 Å². The number of aldehydes is 1. The SMILES string of the molecule is CC(C)COc1ccccc1C=O.CC(C)COc1ccccc1CN1CCC2(CC1)CCN(C(=O)Cc1ccccn1)C2.Cl.Cl.O=C(Cc1ccccn1)N1CCC2(CCNCC2)C1. The molecule has 1 N–H and O–H groups in total. The fourth-order valence-corrected chi connectivity index (χ4v) is 9.03. The summed E-state index contributed by atoms with van der Waals surface area (Å²) in [4.78, 5) is 50.9. The molecule has 0 bridgehead atoms. The van der Waals surface area contributed by atoms with Gasteiger partial charge in [0.2, 0.25) is 11.8 Å². The van der Waals surface area contributed by atoms with Gasteiger partial charge in [0.15, 0.2) is 6.29 Å². The van der Waals surface area contributed by atoms with E-state index in [0.29, 0.717) is 53.4 Å². The Kier molecular flexibility index (Phi) is 21.7. The monoisotopic (exact) mass is 930 g/mol. The molecule has 2 spiro atoms. The van der Waals surface area contributed by atoms with Crippen molar-refractivity contribution in [3.63, 3.8) is 0 Å². The standard InChI is InChI=1S/C26H35N3O2.C15H21N3O.C11H14O2.2ClH/c1-21(2)19-31-24-9-4-3-7-22(24)18-28-14-10-26(11-15-28)12-16-29(20-26)25(30)17-23-8-5-6-13-27-23;19-14(11-13-3-1-2-7-17-13)18-10-6-15(12-18)4-8-16-9-5-15;1-9(2)8-13-11-6-4-3-5-10(11)7-12;;/h3-9,13,21H,10-12,14-20H2,1-2H3;1-3,7,16H,4-6,8-12H2;3-7,9H,8H2,1-2H3;2*1H. The minimum atomic E-state index is 0. The van der Waals surface area contributed by atoms with Crippen molar-refractivity contribution in [3.05, 3.63) is 120 Å². The molecule has 4 aliphatic rings. The van der Waals surface area contributed by atoms with E-state index in [1.54, 1.807) is 18.5 Å². The number of ether oxygens (including phenoxy) is 2. The Balaban J connectivity index is 0.000000232. The first-order chi connectivity index (χ1) is 30.5. The summed E-state index contributed by atoms with van der Waals surface area (Å²) in [6, 6.07) is 27.2. The summed E-state index contributed by atoms with van der Waals surface area (Å²) in [7, 11) is 0. The van der Waals surface area contributed by atoms with Crippen molar-refractivity contribution in [2.24, 2.45) is 22.7 Å². The van der Waals surface area contributed by atoms with Gasteiger partial charge in [-0.05, 0) is 130 Å². The molecule has 2 amide bonds. The fourth-order valence-electron chi connectivity index (χ4n) is 9.03. The number of piperidine rings is 2. The molecule has 0 radical (unpaired) electrons. The molecule has 2 aromatic heterocycles. The highest BCUT2D eigenvalue weighted by Gasteiger charge is 2.42. The first-order valence-electron chi connectivity index (χ1n) is 23.2. The number of para-hydroxylation sites is 2. The van der Waals surface area contributed by atoms with Crippen LogP contribution < -0.4 is 14.8 Å².